The van der Waals surface area contributed by atoms with Crippen LogP contribution in [-0.2, 0) is 18.9 Å². The molecule has 266 valence electrons. The van der Waals surface area contributed by atoms with Crippen LogP contribution >= 0.6 is 0 Å². The van der Waals surface area contributed by atoms with Gasteiger partial charge in [-0.2, -0.15) is 0 Å². The maximum atomic E-state index is 14.2. The minimum Gasteiger partial charge on any atom is -0.459 e. The minimum atomic E-state index is -1.65. The van der Waals surface area contributed by atoms with Crippen LogP contribution in [0.4, 0.5) is 10.5 Å². The van der Waals surface area contributed by atoms with Gasteiger partial charge in [0.2, 0.25) is 0 Å². The van der Waals surface area contributed by atoms with Crippen LogP contribution < -0.4 is 10.6 Å². The molecule has 0 unspecified atom stereocenters. The van der Waals surface area contributed by atoms with E-state index in [1.165, 1.54) is 42.5 Å². The van der Waals surface area contributed by atoms with E-state index in [0.717, 1.165) is 17.7 Å². The van der Waals surface area contributed by atoms with Crippen LogP contribution in [0, 0.1) is 0 Å². The second kappa shape index (κ2) is 16.1. The summed E-state index contributed by atoms with van der Waals surface area (Å²) in [6, 6.07) is 27.9. The number of hydrogen-bond acceptors (Lipinski definition) is 10. The van der Waals surface area contributed by atoms with Crippen molar-refractivity contribution in [1.29, 1.82) is 0 Å². The monoisotopic (exact) mass is 705 g/mol. The average Bonchev–Trinajstić information content (AvgIpc) is 3.63. The zero-order valence-corrected chi connectivity index (χ0v) is 28.1. The summed E-state index contributed by atoms with van der Waals surface area (Å²) in [6.07, 6.45) is -4.43. The van der Waals surface area contributed by atoms with Crippen molar-refractivity contribution in [2.45, 2.75) is 44.3 Å². The Labute approximate surface area is 298 Å². The summed E-state index contributed by atoms with van der Waals surface area (Å²) in [4.78, 5) is 81.6. The Kier molecular flexibility index (Phi) is 11.0. The molecule has 2 aliphatic heterocycles. The van der Waals surface area contributed by atoms with Gasteiger partial charge in [-0.25, -0.2) is 24.1 Å². The van der Waals surface area contributed by atoms with Crippen LogP contribution in [0.3, 0.4) is 0 Å². The third kappa shape index (κ3) is 7.69. The zero-order valence-electron chi connectivity index (χ0n) is 28.1. The number of carbonyl (C=O) groups excluding carboxylic acids is 6. The molecule has 2 heterocycles. The van der Waals surface area contributed by atoms with Crippen molar-refractivity contribution in [1.82, 2.24) is 10.2 Å². The minimum absolute atomic E-state index is 0.0371. The molecule has 4 amide bonds. The Morgan fingerprint density at radius 2 is 1.25 bits per heavy atom. The van der Waals surface area contributed by atoms with Gasteiger partial charge in [0.1, 0.15) is 12.7 Å². The van der Waals surface area contributed by atoms with Crippen molar-refractivity contribution in [3.63, 3.8) is 0 Å². The standard InChI is InChI=1S/C39H35N3O10/c1-2-3-22-40-39(48)41-28-21-13-20-27-30(28)34(44)42(33(27)43)35-32(52-38(47)26-18-11-6-12-19-26)31(51-37(46)25-16-9-5-10-17-25)29(50-35)23-49-36(45)24-14-7-4-8-15-24/h4-21,29,31-32,35H,2-3,22-23H2,1H3,(H2,40,41,48)/t29-,31-,32-,35-/m1/s1. The zero-order chi connectivity index (χ0) is 36.6. The van der Waals surface area contributed by atoms with E-state index < -0.39 is 66.9 Å². The number of imide groups is 1. The van der Waals surface area contributed by atoms with Gasteiger partial charge in [-0.1, -0.05) is 74.0 Å². The van der Waals surface area contributed by atoms with Gasteiger partial charge < -0.3 is 29.6 Å². The molecule has 1 saturated heterocycles. The number of urea groups is 1. The van der Waals surface area contributed by atoms with E-state index in [-0.39, 0.29) is 33.5 Å². The highest BCUT2D eigenvalue weighted by Crippen LogP contribution is 2.37. The first-order valence-electron chi connectivity index (χ1n) is 16.7. The topological polar surface area (TPSA) is 167 Å². The predicted octanol–water partition coefficient (Wildman–Crippen LogP) is 5.24. The fourth-order valence-electron chi connectivity index (χ4n) is 5.85. The maximum absolute atomic E-state index is 14.2. The van der Waals surface area contributed by atoms with E-state index in [1.807, 2.05) is 6.92 Å². The summed E-state index contributed by atoms with van der Waals surface area (Å²) < 4.78 is 23.6. The lowest BCUT2D eigenvalue weighted by Gasteiger charge is -2.28. The molecular formula is C39H35N3O10. The molecule has 13 heteroatoms. The van der Waals surface area contributed by atoms with E-state index in [9.17, 15) is 28.8 Å². The molecule has 4 aromatic rings. The quantitative estimate of drug-likeness (QED) is 0.0862. The lowest BCUT2D eigenvalue weighted by molar-refractivity contribution is -0.0771. The van der Waals surface area contributed by atoms with Crippen LogP contribution in [0.1, 0.15) is 71.6 Å². The first kappa shape index (κ1) is 35.5. The number of fused-ring (bicyclic) bond motifs is 1. The maximum Gasteiger partial charge on any atom is 0.338 e. The van der Waals surface area contributed by atoms with Gasteiger partial charge in [-0.3, -0.25) is 9.59 Å². The SMILES string of the molecule is CCCCNC(=O)Nc1cccc2c1C(=O)N([C@@H]1O[C@H](COC(=O)c3ccccc3)[C@@H](OC(=O)c3ccccc3)[C@H]1OC(=O)c1ccccc1)C2=O. The summed E-state index contributed by atoms with van der Waals surface area (Å²) in [5.74, 6) is -4.06. The molecule has 2 N–H and O–H groups in total. The van der Waals surface area contributed by atoms with Crippen LogP contribution in [0.25, 0.3) is 0 Å². The molecule has 0 spiro atoms. The van der Waals surface area contributed by atoms with Crippen molar-refractivity contribution in [2.24, 2.45) is 0 Å². The molecule has 6 rings (SSSR count). The first-order valence-corrected chi connectivity index (χ1v) is 16.7. The number of esters is 3. The Morgan fingerprint density at radius 1 is 0.692 bits per heavy atom. The molecule has 0 aromatic heterocycles. The third-order valence-electron chi connectivity index (χ3n) is 8.44. The van der Waals surface area contributed by atoms with Crippen LogP contribution in [0.15, 0.2) is 109 Å². The predicted molar refractivity (Wildman–Crippen MR) is 186 cm³/mol. The largest absolute Gasteiger partial charge is 0.459 e. The molecule has 0 radical (unpaired) electrons. The summed E-state index contributed by atoms with van der Waals surface area (Å²) in [5, 5.41) is 5.34. The molecule has 2 aliphatic rings. The summed E-state index contributed by atoms with van der Waals surface area (Å²) >= 11 is 0. The van der Waals surface area contributed by atoms with E-state index in [1.54, 1.807) is 66.7 Å². The number of rotatable bonds is 12. The molecule has 4 aromatic carbocycles. The molecule has 0 aliphatic carbocycles. The van der Waals surface area contributed by atoms with E-state index in [2.05, 4.69) is 10.6 Å². The number of nitrogens with one attached hydrogen (secondary N) is 2. The summed E-state index contributed by atoms with van der Waals surface area (Å²) in [5.41, 5.74) is 0.463. The summed E-state index contributed by atoms with van der Waals surface area (Å²) in [6.45, 7) is 1.87. The Morgan fingerprint density at radius 3 is 1.83 bits per heavy atom. The number of amides is 4. The van der Waals surface area contributed by atoms with Gasteiger partial charge in [-0.05, 0) is 55.0 Å². The highest BCUT2D eigenvalue weighted by molar-refractivity contribution is 6.24. The lowest BCUT2D eigenvalue weighted by Crippen LogP contribution is -2.50. The number of unbranched alkanes of at least 4 members (excludes halogenated alkanes) is 1. The molecule has 0 bridgehead atoms. The molecule has 52 heavy (non-hydrogen) atoms. The Balaban J connectivity index is 1.35. The fraction of sp³-hybridized carbons (Fsp3) is 0.231. The van der Waals surface area contributed by atoms with Gasteiger partial charge >= 0.3 is 23.9 Å². The number of nitrogens with zero attached hydrogens (tertiary/aromatic N) is 1. The molecule has 1 fully saturated rings. The Hall–Kier alpha value is -6.34. The highest BCUT2D eigenvalue weighted by atomic mass is 16.7. The first-order chi connectivity index (χ1) is 25.3. The molecule has 0 saturated carbocycles. The average molecular weight is 706 g/mol. The molecular weight excluding hydrogens is 670 g/mol. The van der Waals surface area contributed by atoms with Crippen molar-refractivity contribution in [3.05, 3.63) is 137 Å². The number of hydrogen-bond donors (Lipinski definition) is 2. The van der Waals surface area contributed by atoms with Crippen LogP contribution in [-0.4, -0.2) is 78.3 Å². The van der Waals surface area contributed by atoms with Crippen molar-refractivity contribution >= 4 is 41.4 Å². The third-order valence-corrected chi connectivity index (χ3v) is 8.44. The van der Waals surface area contributed by atoms with Gasteiger partial charge in [0.15, 0.2) is 18.4 Å². The second-order valence-corrected chi connectivity index (χ2v) is 11.9. The number of ether oxygens (including phenoxy) is 4. The van der Waals surface area contributed by atoms with Gasteiger partial charge in [-0.15, -0.1) is 0 Å². The lowest BCUT2D eigenvalue weighted by atomic mass is 10.1. The van der Waals surface area contributed by atoms with Gasteiger partial charge in [0, 0.05) is 6.54 Å². The smallest absolute Gasteiger partial charge is 0.338 e. The van der Waals surface area contributed by atoms with Crippen molar-refractivity contribution < 1.29 is 47.7 Å². The van der Waals surface area contributed by atoms with E-state index in [0.29, 0.717) is 6.54 Å². The number of carbonyl (C=O) groups is 6. The van der Waals surface area contributed by atoms with Crippen molar-refractivity contribution in [3.8, 4) is 0 Å². The molecule has 13 nitrogen and oxygen atoms in total. The van der Waals surface area contributed by atoms with E-state index in [4.69, 9.17) is 18.9 Å². The normalized spacial score (nSPS) is 19.1. The van der Waals surface area contributed by atoms with E-state index >= 15 is 0 Å². The van der Waals surface area contributed by atoms with Gasteiger partial charge in [0.25, 0.3) is 11.8 Å². The summed E-state index contributed by atoms with van der Waals surface area (Å²) in [7, 11) is 0. The van der Waals surface area contributed by atoms with Crippen LogP contribution in [0.5, 0.6) is 0 Å². The fourth-order valence-corrected chi connectivity index (χ4v) is 5.85. The number of anilines is 1. The highest BCUT2D eigenvalue weighted by Gasteiger charge is 2.57. The second-order valence-electron chi connectivity index (χ2n) is 11.9. The Bertz CT molecular complexity index is 1960. The van der Waals surface area contributed by atoms with Gasteiger partial charge in [0.05, 0.1) is 33.5 Å². The number of benzene rings is 4. The van der Waals surface area contributed by atoms with Crippen LogP contribution in [0.2, 0.25) is 0 Å². The van der Waals surface area contributed by atoms with Crippen molar-refractivity contribution in [2.75, 3.05) is 18.5 Å². The molecule has 4 atom stereocenters.